The minimum Gasteiger partial charge on any atom is -0.507 e. The summed E-state index contributed by atoms with van der Waals surface area (Å²) in [5.41, 5.74) is 4.58. The van der Waals surface area contributed by atoms with Crippen LogP contribution in [0.4, 0.5) is 5.69 Å². The predicted molar refractivity (Wildman–Crippen MR) is 116 cm³/mol. The lowest BCUT2D eigenvalue weighted by molar-refractivity contribution is 0.0952. The average molecular weight is 423 g/mol. The van der Waals surface area contributed by atoms with E-state index in [9.17, 15) is 18.3 Å². The molecule has 0 saturated carbocycles. The Morgan fingerprint density at radius 1 is 0.967 bits per heavy atom. The summed E-state index contributed by atoms with van der Waals surface area (Å²) < 4.78 is 27.5. The first-order chi connectivity index (χ1) is 14.3. The van der Waals surface area contributed by atoms with Crippen molar-refractivity contribution in [3.63, 3.8) is 0 Å². The molecule has 0 aliphatic carbocycles. The molecule has 0 aromatic heterocycles. The summed E-state index contributed by atoms with van der Waals surface area (Å²) in [7, 11) is -3.71. The molecule has 3 aromatic rings. The molecule has 0 heterocycles. The van der Waals surface area contributed by atoms with Crippen LogP contribution in [0.5, 0.6) is 5.75 Å². The van der Waals surface area contributed by atoms with Gasteiger partial charge in [-0.1, -0.05) is 42.5 Å². The molecule has 1 amide bonds. The molecular formula is C22H21N3O4S. The Balaban J connectivity index is 1.76. The summed E-state index contributed by atoms with van der Waals surface area (Å²) in [6.07, 6.45) is 0. The van der Waals surface area contributed by atoms with E-state index in [1.807, 2.05) is 0 Å². The Kier molecular flexibility index (Phi) is 6.17. The van der Waals surface area contributed by atoms with Crippen LogP contribution in [0.3, 0.4) is 0 Å². The number of carbonyl (C=O) groups is 1. The van der Waals surface area contributed by atoms with Crippen LogP contribution >= 0.6 is 0 Å². The molecule has 7 nitrogen and oxygen atoms in total. The van der Waals surface area contributed by atoms with Gasteiger partial charge in [0.1, 0.15) is 5.75 Å². The van der Waals surface area contributed by atoms with Crippen molar-refractivity contribution in [3.8, 4) is 5.75 Å². The fraction of sp³-hybridized carbons (Fsp3) is 0.0909. The van der Waals surface area contributed by atoms with E-state index in [-0.39, 0.29) is 16.2 Å². The minimum atomic E-state index is -3.71. The monoisotopic (exact) mass is 423 g/mol. The Hall–Kier alpha value is -3.65. The first kappa shape index (κ1) is 21.1. The zero-order chi connectivity index (χ0) is 21.7. The molecule has 3 aromatic carbocycles. The summed E-state index contributed by atoms with van der Waals surface area (Å²) in [5, 5.41) is 14.1. The highest BCUT2D eigenvalue weighted by atomic mass is 32.2. The predicted octanol–water partition coefficient (Wildman–Crippen LogP) is 3.66. The van der Waals surface area contributed by atoms with Gasteiger partial charge >= 0.3 is 0 Å². The quantitative estimate of drug-likeness (QED) is 0.415. The minimum absolute atomic E-state index is 0.0971. The molecule has 0 radical (unpaired) electrons. The third-order valence-corrected chi connectivity index (χ3v) is 5.79. The summed E-state index contributed by atoms with van der Waals surface area (Å²) in [4.78, 5) is 12.5. The van der Waals surface area contributed by atoms with Crippen LogP contribution in [0.25, 0.3) is 0 Å². The molecule has 0 aliphatic rings. The number of nitrogens with zero attached hydrogens (tertiary/aromatic N) is 1. The van der Waals surface area contributed by atoms with Gasteiger partial charge in [0.25, 0.3) is 15.9 Å². The Morgan fingerprint density at radius 2 is 1.67 bits per heavy atom. The number of carbonyl (C=O) groups excluding carboxylic acids is 1. The molecule has 3 N–H and O–H groups in total. The van der Waals surface area contributed by atoms with Crippen LogP contribution in [0.2, 0.25) is 0 Å². The first-order valence-corrected chi connectivity index (χ1v) is 10.6. The smallest absolute Gasteiger partial charge is 0.275 e. The van der Waals surface area contributed by atoms with Crippen molar-refractivity contribution in [2.75, 3.05) is 4.72 Å². The van der Waals surface area contributed by atoms with E-state index in [4.69, 9.17) is 0 Å². The van der Waals surface area contributed by atoms with Crippen molar-refractivity contribution < 1.29 is 18.3 Å². The number of sulfonamides is 1. The number of hydrogen-bond donors (Lipinski definition) is 3. The molecule has 30 heavy (non-hydrogen) atoms. The van der Waals surface area contributed by atoms with Crippen molar-refractivity contribution in [1.82, 2.24) is 5.43 Å². The van der Waals surface area contributed by atoms with Gasteiger partial charge in [-0.25, -0.2) is 13.8 Å². The fourth-order valence-electron chi connectivity index (χ4n) is 2.72. The van der Waals surface area contributed by atoms with Crippen LogP contribution < -0.4 is 10.1 Å². The van der Waals surface area contributed by atoms with E-state index in [1.54, 1.807) is 68.4 Å². The highest BCUT2D eigenvalue weighted by Gasteiger charge is 2.14. The SMILES string of the molecule is CC(=NNC(=O)c1cccc(C)c1O)c1cccc(NS(=O)(=O)c2ccccc2)c1. The maximum Gasteiger partial charge on any atom is 0.275 e. The highest BCUT2D eigenvalue weighted by molar-refractivity contribution is 7.92. The Labute approximate surface area is 175 Å². The van der Waals surface area contributed by atoms with Crippen molar-refractivity contribution in [2.45, 2.75) is 18.7 Å². The van der Waals surface area contributed by atoms with Crippen LogP contribution in [0.15, 0.2) is 82.8 Å². The molecule has 0 atom stereocenters. The van der Waals surface area contributed by atoms with E-state index < -0.39 is 15.9 Å². The summed E-state index contributed by atoms with van der Waals surface area (Å²) in [6, 6.07) is 19.6. The van der Waals surface area contributed by atoms with Crippen molar-refractivity contribution in [2.24, 2.45) is 5.10 Å². The topological polar surface area (TPSA) is 108 Å². The number of phenols is 1. The first-order valence-electron chi connectivity index (χ1n) is 9.09. The molecule has 3 rings (SSSR count). The lowest BCUT2D eigenvalue weighted by Gasteiger charge is -2.10. The lowest BCUT2D eigenvalue weighted by atomic mass is 10.1. The largest absolute Gasteiger partial charge is 0.507 e. The van der Waals surface area contributed by atoms with E-state index in [0.717, 1.165) is 0 Å². The number of amides is 1. The van der Waals surface area contributed by atoms with Gasteiger partial charge in [0.15, 0.2) is 0 Å². The molecule has 0 aliphatic heterocycles. The number of rotatable bonds is 6. The number of aryl methyl sites for hydroxylation is 1. The van der Waals surface area contributed by atoms with Gasteiger partial charge in [-0.05, 0) is 55.3 Å². The molecule has 0 fully saturated rings. The molecule has 0 bridgehead atoms. The normalized spacial score (nSPS) is 11.7. The molecule has 0 unspecified atom stereocenters. The van der Waals surface area contributed by atoms with Gasteiger partial charge in [-0.15, -0.1) is 0 Å². The van der Waals surface area contributed by atoms with E-state index in [1.165, 1.54) is 18.2 Å². The number of benzene rings is 3. The van der Waals surface area contributed by atoms with Crippen LogP contribution in [-0.2, 0) is 10.0 Å². The third-order valence-electron chi connectivity index (χ3n) is 4.39. The number of para-hydroxylation sites is 1. The zero-order valence-corrected chi connectivity index (χ0v) is 17.3. The fourth-order valence-corrected chi connectivity index (χ4v) is 3.79. The van der Waals surface area contributed by atoms with Gasteiger partial charge in [0.2, 0.25) is 0 Å². The molecule has 0 spiro atoms. The number of nitrogens with one attached hydrogen (secondary N) is 2. The Bertz CT molecular complexity index is 1210. The highest BCUT2D eigenvalue weighted by Crippen LogP contribution is 2.21. The number of aromatic hydroxyl groups is 1. The molecule has 0 saturated heterocycles. The van der Waals surface area contributed by atoms with Gasteiger partial charge in [0, 0.05) is 5.69 Å². The van der Waals surface area contributed by atoms with Crippen molar-refractivity contribution in [3.05, 3.63) is 89.5 Å². The number of hydrazone groups is 1. The molecular weight excluding hydrogens is 402 g/mol. The number of hydrogen-bond acceptors (Lipinski definition) is 5. The number of phenolic OH excluding ortho intramolecular Hbond substituents is 1. The zero-order valence-electron chi connectivity index (χ0n) is 16.5. The van der Waals surface area contributed by atoms with Gasteiger partial charge in [-0.2, -0.15) is 5.10 Å². The summed E-state index contributed by atoms with van der Waals surface area (Å²) in [6.45, 7) is 3.38. The van der Waals surface area contributed by atoms with E-state index >= 15 is 0 Å². The van der Waals surface area contributed by atoms with Crippen LogP contribution in [0, 0.1) is 6.92 Å². The summed E-state index contributed by atoms with van der Waals surface area (Å²) >= 11 is 0. The molecule has 8 heteroatoms. The van der Waals surface area contributed by atoms with E-state index in [0.29, 0.717) is 22.5 Å². The van der Waals surface area contributed by atoms with Gasteiger partial charge in [0.05, 0.1) is 16.2 Å². The van der Waals surface area contributed by atoms with Crippen LogP contribution in [-0.4, -0.2) is 25.1 Å². The van der Waals surface area contributed by atoms with E-state index in [2.05, 4.69) is 15.2 Å². The van der Waals surface area contributed by atoms with Crippen molar-refractivity contribution >= 4 is 27.3 Å². The van der Waals surface area contributed by atoms with Crippen molar-refractivity contribution in [1.29, 1.82) is 0 Å². The second kappa shape index (κ2) is 8.79. The Morgan fingerprint density at radius 3 is 2.40 bits per heavy atom. The summed E-state index contributed by atoms with van der Waals surface area (Å²) in [5.74, 6) is -0.642. The standard InChI is InChI=1S/C22H21N3O4S/c1-15-8-6-13-20(21(15)26)22(27)24-23-16(2)17-9-7-10-18(14-17)25-30(28,29)19-11-4-3-5-12-19/h3-14,25-26H,1-2H3,(H,24,27). The maximum absolute atomic E-state index is 12.5. The average Bonchev–Trinajstić information content (AvgIpc) is 2.74. The lowest BCUT2D eigenvalue weighted by Crippen LogP contribution is -2.19. The maximum atomic E-state index is 12.5. The molecule has 154 valence electrons. The number of anilines is 1. The second-order valence-electron chi connectivity index (χ2n) is 6.61. The third kappa shape index (κ3) is 4.84. The van der Waals surface area contributed by atoms with Gasteiger partial charge in [-0.3, -0.25) is 9.52 Å². The van der Waals surface area contributed by atoms with Gasteiger partial charge < -0.3 is 5.11 Å². The second-order valence-corrected chi connectivity index (χ2v) is 8.29. The van der Waals surface area contributed by atoms with Crippen LogP contribution in [0.1, 0.15) is 28.4 Å².